The van der Waals surface area contributed by atoms with E-state index in [0.29, 0.717) is 12.5 Å². The number of fused-ring (bicyclic) bond motifs is 1. The van der Waals surface area contributed by atoms with Crippen molar-refractivity contribution < 1.29 is 9.15 Å². The molecule has 0 bridgehead atoms. The molecule has 2 heterocycles. The molecule has 4 rings (SSSR count). The van der Waals surface area contributed by atoms with E-state index in [0.717, 1.165) is 49.7 Å². The number of aliphatic imine (C=N–C) groups is 1. The van der Waals surface area contributed by atoms with Crippen LogP contribution in [0.2, 0.25) is 0 Å². The molecule has 0 fully saturated rings. The highest BCUT2D eigenvalue weighted by atomic mass is 79.9. The normalized spacial score (nSPS) is 18.8. The third-order valence-corrected chi connectivity index (χ3v) is 5.51. The maximum Gasteiger partial charge on any atom is 0.128 e. The second-order valence-corrected chi connectivity index (χ2v) is 7.66. The highest BCUT2D eigenvalue weighted by molar-refractivity contribution is 9.11. The standard InChI is InChI=1S/C21H23BrN2O2/c1-2-25-19-5-3-4-18(21-23-9-10-24-21)17(19)7-6-14-12-16(22)13-15-8-11-26-20(14)15/h3-5,8,11,13-14H,2,6-7,9-10,12H2,1H3,(H,23,24). The number of allylic oxidation sites excluding steroid dienone is 1. The lowest BCUT2D eigenvalue weighted by Crippen LogP contribution is -2.21. The van der Waals surface area contributed by atoms with Crippen LogP contribution in [0.25, 0.3) is 6.08 Å². The van der Waals surface area contributed by atoms with Crippen molar-refractivity contribution in [3.63, 3.8) is 0 Å². The number of amidine groups is 1. The lowest BCUT2D eigenvalue weighted by molar-refractivity contribution is 0.335. The molecule has 0 saturated heterocycles. The van der Waals surface area contributed by atoms with Crippen LogP contribution in [0.4, 0.5) is 0 Å². The lowest BCUT2D eigenvalue weighted by Gasteiger charge is -2.21. The SMILES string of the molecule is CCOc1cccc(C2=NCCN2)c1CCC1CC(Br)=Cc2ccoc21. The topological polar surface area (TPSA) is 46.8 Å². The fourth-order valence-electron chi connectivity index (χ4n) is 3.80. The van der Waals surface area contributed by atoms with Crippen LogP contribution in [-0.2, 0) is 6.42 Å². The molecule has 0 amide bonds. The van der Waals surface area contributed by atoms with Gasteiger partial charge in [-0.3, -0.25) is 4.99 Å². The fraction of sp³-hybridized carbons (Fsp3) is 0.381. The predicted octanol–water partition coefficient (Wildman–Crippen LogP) is 4.88. The van der Waals surface area contributed by atoms with Crippen LogP contribution in [-0.4, -0.2) is 25.5 Å². The van der Waals surface area contributed by atoms with Crippen LogP contribution < -0.4 is 10.1 Å². The van der Waals surface area contributed by atoms with E-state index in [2.05, 4.69) is 50.5 Å². The minimum Gasteiger partial charge on any atom is -0.494 e. The van der Waals surface area contributed by atoms with Gasteiger partial charge in [0, 0.05) is 29.2 Å². The fourth-order valence-corrected chi connectivity index (χ4v) is 4.44. The average molecular weight is 415 g/mol. The first-order chi connectivity index (χ1) is 12.8. The van der Waals surface area contributed by atoms with E-state index in [9.17, 15) is 0 Å². The van der Waals surface area contributed by atoms with Crippen LogP contribution in [0, 0.1) is 0 Å². The quantitative estimate of drug-likeness (QED) is 0.731. The molecule has 0 spiro atoms. The van der Waals surface area contributed by atoms with Crippen LogP contribution in [0.1, 0.15) is 48.1 Å². The van der Waals surface area contributed by atoms with Gasteiger partial charge in [-0.2, -0.15) is 0 Å². The summed E-state index contributed by atoms with van der Waals surface area (Å²) in [6.45, 7) is 4.43. The number of hydrogen-bond donors (Lipinski definition) is 1. The Morgan fingerprint density at radius 1 is 1.35 bits per heavy atom. The van der Waals surface area contributed by atoms with Crippen molar-refractivity contribution in [1.82, 2.24) is 5.32 Å². The molecule has 1 aromatic heterocycles. The summed E-state index contributed by atoms with van der Waals surface area (Å²) in [6.07, 6.45) is 6.86. The van der Waals surface area contributed by atoms with E-state index in [1.165, 1.54) is 21.2 Å². The molecule has 4 nitrogen and oxygen atoms in total. The van der Waals surface area contributed by atoms with Crippen molar-refractivity contribution in [2.24, 2.45) is 4.99 Å². The zero-order valence-electron chi connectivity index (χ0n) is 14.9. The van der Waals surface area contributed by atoms with E-state index < -0.39 is 0 Å². The Morgan fingerprint density at radius 3 is 3.08 bits per heavy atom. The number of halogens is 1. The smallest absolute Gasteiger partial charge is 0.128 e. The van der Waals surface area contributed by atoms with Gasteiger partial charge in [-0.1, -0.05) is 28.1 Å². The molecule has 136 valence electrons. The summed E-state index contributed by atoms with van der Waals surface area (Å²) >= 11 is 3.68. The van der Waals surface area contributed by atoms with Gasteiger partial charge < -0.3 is 14.5 Å². The molecule has 1 N–H and O–H groups in total. The summed E-state index contributed by atoms with van der Waals surface area (Å²) in [5.41, 5.74) is 3.59. The zero-order valence-corrected chi connectivity index (χ0v) is 16.5. The van der Waals surface area contributed by atoms with Gasteiger partial charge in [0.2, 0.25) is 0 Å². The maximum absolute atomic E-state index is 5.93. The van der Waals surface area contributed by atoms with Gasteiger partial charge in [-0.25, -0.2) is 0 Å². The number of nitrogens with zero attached hydrogens (tertiary/aromatic N) is 1. The number of ether oxygens (including phenoxy) is 1. The highest BCUT2D eigenvalue weighted by Crippen LogP contribution is 2.40. The van der Waals surface area contributed by atoms with E-state index in [4.69, 9.17) is 9.15 Å². The first-order valence-corrected chi connectivity index (χ1v) is 10.0. The minimum atomic E-state index is 0.375. The van der Waals surface area contributed by atoms with E-state index >= 15 is 0 Å². The zero-order chi connectivity index (χ0) is 17.9. The Hall–Kier alpha value is -2.01. The molecule has 1 aliphatic heterocycles. The second kappa shape index (κ2) is 7.70. The third-order valence-electron chi connectivity index (χ3n) is 4.96. The average Bonchev–Trinajstić information content (AvgIpc) is 3.32. The molecule has 1 atom stereocenters. The molecule has 2 aliphatic rings. The summed E-state index contributed by atoms with van der Waals surface area (Å²) in [5.74, 6) is 3.43. The van der Waals surface area contributed by atoms with Gasteiger partial charge in [0.05, 0.1) is 19.4 Å². The molecule has 1 aliphatic carbocycles. The summed E-state index contributed by atoms with van der Waals surface area (Å²) in [4.78, 5) is 4.62. The van der Waals surface area contributed by atoms with E-state index in [1.807, 2.05) is 13.0 Å². The molecule has 2 aromatic rings. The van der Waals surface area contributed by atoms with Gasteiger partial charge in [0.25, 0.3) is 0 Å². The van der Waals surface area contributed by atoms with Gasteiger partial charge in [0.15, 0.2) is 0 Å². The largest absolute Gasteiger partial charge is 0.494 e. The van der Waals surface area contributed by atoms with Crippen molar-refractivity contribution in [2.45, 2.75) is 32.1 Å². The van der Waals surface area contributed by atoms with Crippen molar-refractivity contribution in [3.05, 3.63) is 57.5 Å². The van der Waals surface area contributed by atoms with Crippen molar-refractivity contribution in [1.29, 1.82) is 0 Å². The summed E-state index contributed by atoms with van der Waals surface area (Å²) in [7, 11) is 0. The number of benzene rings is 1. The van der Waals surface area contributed by atoms with Crippen LogP contribution in [0.5, 0.6) is 5.75 Å². The Kier molecular flexibility index (Phi) is 5.16. The lowest BCUT2D eigenvalue weighted by atomic mass is 9.87. The first kappa shape index (κ1) is 17.4. The first-order valence-electron chi connectivity index (χ1n) is 9.23. The second-order valence-electron chi connectivity index (χ2n) is 6.64. The van der Waals surface area contributed by atoms with Crippen molar-refractivity contribution in [3.8, 4) is 5.75 Å². The summed E-state index contributed by atoms with van der Waals surface area (Å²) in [5, 5.41) is 3.40. The molecule has 0 saturated carbocycles. The van der Waals surface area contributed by atoms with Gasteiger partial charge in [-0.05, 0) is 48.9 Å². The maximum atomic E-state index is 5.93. The van der Waals surface area contributed by atoms with Crippen LogP contribution in [0.15, 0.2) is 44.4 Å². The Bertz CT molecular complexity index is 853. The van der Waals surface area contributed by atoms with Gasteiger partial charge in [0.1, 0.15) is 17.3 Å². The Morgan fingerprint density at radius 2 is 2.27 bits per heavy atom. The molecule has 0 radical (unpaired) electrons. The minimum absolute atomic E-state index is 0.375. The summed E-state index contributed by atoms with van der Waals surface area (Å²) in [6, 6.07) is 8.30. The molecule has 1 unspecified atom stereocenters. The van der Waals surface area contributed by atoms with Crippen molar-refractivity contribution in [2.75, 3.05) is 19.7 Å². The Balaban J connectivity index is 1.61. The molecule has 1 aromatic carbocycles. The molecular formula is C21H23BrN2O2. The van der Waals surface area contributed by atoms with Gasteiger partial charge in [-0.15, -0.1) is 0 Å². The third kappa shape index (κ3) is 3.45. The Labute approximate surface area is 162 Å². The molecule has 26 heavy (non-hydrogen) atoms. The predicted molar refractivity (Wildman–Crippen MR) is 108 cm³/mol. The number of furan rings is 1. The van der Waals surface area contributed by atoms with Crippen LogP contribution >= 0.6 is 15.9 Å². The number of hydrogen-bond acceptors (Lipinski definition) is 4. The van der Waals surface area contributed by atoms with Crippen LogP contribution in [0.3, 0.4) is 0 Å². The van der Waals surface area contributed by atoms with E-state index in [1.54, 1.807) is 6.26 Å². The monoisotopic (exact) mass is 414 g/mol. The highest BCUT2D eigenvalue weighted by Gasteiger charge is 2.25. The van der Waals surface area contributed by atoms with Crippen molar-refractivity contribution >= 4 is 27.8 Å². The number of nitrogens with one attached hydrogen (secondary N) is 1. The van der Waals surface area contributed by atoms with E-state index in [-0.39, 0.29) is 0 Å². The molecule has 5 heteroatoms. The van der Waals surface area contributed by atoms with Gasteiger partial charge >= 0.3 is 0 Å². The number of rotatable bonds is 6. The molecular weight excluding hydrogens is 392 g/mol. The summed E-state index contributed by atoms with van der Waals surface area (Å²) < 4.78 is 12.9.